The third-order valence-corrected chi connectivity index (χ3v) is 3.36. The molecule has 1 atom stereocenters. The lowest BCUT2D eigenvalue weighted by atomic mass is 9.88. The van der Waals surface area contributed by atoms with Crippen molar-refractivity contribution in [1.29, 1.82) is 0 Å². The van der Waals surface area contributed by atoms with Crippen LogP contribution in [0.25, 0.3) is 0 Å². The van der Waals surface area contributed by atoms with Crippen LogP contribution < -0.4 is 0 Å². The molecule has 1 saturated carbocycles. The van der Waals surface area contributed by atoms with E-state index in [9.17, 15) is 4.79 Å². The van der Waals surface area contributed by atoms with Gasteiger partial charge in [0.05, 0.1) is 5.25 Å². The van der Waals surface area contributed by atoms with Gasteiger partial charge >= 0.3 is 5.97 Å². The maximum Gasteiger partial charge on any atom is 0.319 e. The topological polar surface area (TPSA) is 26.3 Å². The van der Waals surface area contributed by atoms with Gasteiger partial charge in [0.15, 0.2) is 0 Å². The largest absolute Gasteiger partial charge is 0.458 e. The lowest BCUT2D eigenvalue weighted by Gasteiger charge is -2.33. The van der Waals surface area contributed by atoms with Gasteiger partial charge in [0.2, 0.25) is 0 Å². The highest BCUT2D eigenvalue weighted by Gasteiger charge is 2.40. The van der Waals surface area contributed by atoms with E-state index in [1.807, 2.05) is 0 Å². The van der Waals surface area contributed by atoms with Gasteiger partial charge in [0, 0.05) is 0 Å². The van der Waals surface area contributed by atoms with Crippen molar-refractivity contribution in [2.24, 2.45) is 5.92 Å². The van der Waals surface area contributed by atoms with E-state index in [1.54, 1.807) is 6.92 Å². The Labute approximate surface area is 91.8 Å². The second-order valence-corrected chi connectivity index (χ2v) is 5.30. The Bertz CT molecular complexity index is 205. The molecule has 3 heteroatoms. The minimum absolute atomic E-state index is 0.177. The smallest absolute Gasteiger partial charge is 0.319 e. The van der Waals surface area contributed by atoms with Crippen molar-refractivity contribution < 1.29 is 9.53 Å². The highest BCUT2D eigenvalue weighted by atomic mass is 32.1. The molecule has 0 amide bonds. The van der Waals surface area contributed by atoms with Crippen LogP contribution in [0, 0.1) is 5.92 Å². The predicted molar refractivity (Wildman–Crippen MR) is 60.6 cm³/mol. The van der Waals surface area contributed by atoms with E-state index in [0.717, 1.165) is 12.8 Å². The average Bonchev–Trinajstić information content (AvgIpc) is 2.53. The summed E-state index contributed by atoms with van der Waals surface area (Å²) < 4.78 is 5.61. The predicted octanol–water partition coefficient (Wildman–Crippen LogP) is 2.82. The first kappa shape index (κ1) is 11.9. The van der Waals surface area contributed by atoms with Crippen molar-refractivity contribution in [3.63, 3.8) is 0 Å². The number of hydrogen-bond acceptors (Lipinski definition) is 3. The summed E-state index contributed by atoms with van der Waals surface area (Å²) in [6.45, 7) is 6.01. The number of carbonyl (C=O) groups is 1. The van der Waals surface area contributed by atoms with Gasteiger partial charge in [-0.05, 0) is 38.5 Å². The Morgan fingerprint density at radius 1 is 1.29 bits per heavy atom. The molecular weight excluding hydrogens is 196 g/mol. The minimum Gasteiger partial charge on any atom is -0.458 e. The van der Waals surface area contributed by atoms with E-state index in [0.29, 0.717) is 5.92 Å². The van der Waals surface area contributed by atoms with Crippen molar-refractivity contribution >= 4 is 18.6 Å². The first-order valence-corrected chi connectivity index (χ1v) is 5.90. The molecule has 0 spiro atoms. The fraction of sp³-hybridized carbons (Fsp3) is 0.909. The minimum atomic E-state index is -0.314. The van der Waals surface area contributed by atoms with Gasteiger partial charge in [-0.15, -0.1) is 0 Å². The van der Waals surface area contributed by atoms with Crippen LogP contribution in [-0.4, -0.2) is 16.8 Å². The summed E-state index contributed by atoms with van der Waals surface area (Å²) in [6, 6.07) is 0. The Morgan fingerprint density at radius 3 is 2.14 bits per heavy atom. The molecule has 0 heterocycles. The van der Waals surface area contributed by atoms with Gasteiger partial charge in [0.25, 0.3) is 0 Å². The molecule has 2 nitrogen and oxygen atoms in total. The highest BCUT2D eigenvalue weighted by molar-refractivity contribution is 7.81. The van der Waals surface area contributed by atoms with Crippen LogP contribution >= 0.6 is 12.6 Å². The maximum absolute atomic E-state index is 11.5. The third kappa shape index (κ3) is 2.44. The Kier molecular flexibility index (Phi) is 3.87. The van der Waals surface area contributed by atoms with Gasteiger partial charge in [-0.25, -0.2) is 0 Å². The first-order chi connectivity index (χ1) is 6.48. The quantitative estimate of drug-likeness (QED) is 0.580. The molecular formula is C11H20O2S. The lowest BCUT2D eigenvalue weighted by molar-refractivity contribution is -0.163. The number of hydrogen-bond donors (Lipinski definition) is 1. The molecule has 82 valence electrons. The summed E-state index contributed by atoms with van der Waals surface area (Å²) >= 11 is 4.10. The highest BCUT2D eigenvalue weighted by Crippen LogP contribution is 2.39. The fourth-order valence-corrected chi connectivity index (χ4v) is 2.11. The molecule has 1 aliphatic carbocycles. The van der Waals surface area contributed by atoms with Gasteiger partial charge < -0.3 is 4.74 Å². The van der Waals surface area contributed by atoms with Crippen LogP contribution in [-0.2, 0) is 9.53 Å². The second kappa shape index (κ2) is 4.56. The molecule has 1 unspecified atom stereocenters. The molecule has 0 saturated heterocycles. The summed E-state index contributed by atoms with van der Waals surface area (Å²) in [5.74, 6) is 0.227. The van der Waals surface area contributed by atoms with Gasteiger partial charge in [-0.2, -0.15) is 12.6 Å². The molecule has 0 aliphatic heterocycles. The molecule has 0 aromatic rings. The van der Waals surface area contributed by atoms with E-state index in [4.69, 9.17) is 4.74 Å². The van der Waals surface area contributed by atoms with Crippen molar-refractivity contribution in [1.82, 2.24) is 0 Å². The summed E-state index contributed by atoms with van der Waals surface area (Å²) in [4.78, 5) is 11.5. The monoisotopic (exact) mass is 216 g/mol. The standard InChI is InChI=1S/C11H20O2S/c1-8(2)11(6-4-5-7-11)13-10(12)9(3)14/h8-9,14H,4-7H2,1-3H3. The van der Waals surface area contributed by atoms with Crippen LogP contribution in [0.1, 0.15) is 46.5 Å². The molecule has 0 aromatic heterocycles. The molecule has 0 radical (unpaired) electrons. The normalized spacial score (nSPS) is 22.4. The summed E-state index contributed by atoms with van der Waals surface area (Å²) in [7, 11) is 0. The molecule has 1 aliphatic rings. The molecule has 0 bridgehead atoms. The molecule has 0 N–H and O–H groups in total. The Morgan fingerprint density at radius 2 is 1.79 bits per heavy atom. The van der Waals surface area contributed by atoms with Crippen LogP contribution in [0.2, 0.25) is 0 Å². The van der Waals surface area contributed by atoms with E-state index in [1.165, 1.54) is 12.8 Å². The Hall–Kier alpha value is -0.180. The molecule has 1 fully saturated rings. The maximum atomic E-state index is 11.5. The zero-order chi connectivity index (χ0) is 10.8. The fourth-order valence-electron chi connectivity index (χ4n) is 2.06. The lowest BCUT2D eigenvalue weighted by Crippen LogP contribution is -2.39. The summed E-state index contributed by atoms with van der Waals surface area (Å²) in [5.41, 5.74) is -0.200. The molecule has 1 rings (SSSR count). The molecule has 0 aromatic carbocycles. The van der Waals surface area contributed by atoms with E-state index in [-0.39, 0.29) is 16.8 Å². The third-order valence-electron chi connectivity index (χ3n) is 3.15. The van der Waals surface area contributed by atoms with Crippen molar-refractivity contribution in [2.45, 2.75) is 57.3 Å². The van der Waals surface area contributed by atoms with Gasteiger partial charge in [0.1, 0.15) is 5.60 Å². The van der Waals surface area contributed by atoms with Crippen molar-refractivity contribution in [2.75, 3.05) is 0 Å². The number of thiol groups is 1. The SMILES string of the molecule is CC(S)C(=O)OC1(C(C)C)CCCC1. The zero-order valence-electron chi connectivity index (χ0n) is 9.25. The van der Waals surface area contributed by atoms with E-state index in [2.05, 4.69) is 26.5 Å². The average molecular weight is 216 g/mol. The summed E-state index contributed by atoms with van der Waals surface area (Å²) in [5, 5.41) is -0.314. The number of esters is 1. The summed E-state index contributed by atoms with van der Waals surface area (Å²) in [6.07, 6.45) is 4.37. The number of carbonyl (C=O) groups excluding carboxylic acids is 1. The second-order valence-electron chi connectivity index (χ2n) is 4.52. The van der Waals surface area contributed by atoms with Crippen molar-refractivity contribution in [3.05, 3.63) is 0 Å². The number of rotatable bonds is 3. The van der Waals surface area contributed by atoms with Crippen LogP contribution in [0.5, 0.6) is 0 Å². The van der Waals surface area contributed by atoms with Crippen LogP contribution in [0.3, 0.4) is 0 Å². The van der Waals surface area contributed by atoms with Crippen LogP contribution in [0.15, 0.2) is 0 Å². The van der Waals surface area contributed by atoms with E-state index < -0.39 is 0 Å². The van der Waals surface area contributed by atoms with Gasteiger partial charge in [-0.1, -0.05) is 13.8 Å². The number of ether oxygens (including phenoxy) is 1. The van der Waals surface area contributed by atoms with Gasteiger partial charge in [-0.3, -0.25) is 4.79 Å². The Balaban J connectivity index is 2.65. The first-order valence-electron chi connectivity index (χ1n) is 5.39. The zero-order valence-corrected chi connectivity index (χ0v) is 10.1. The van der Waals surface area contributed by atoms with Crippen molar-refractivity contribution in [3.8, 4) is 0 Å². The molecule has 14 heavy (non-hydrogen) atoms. The van der Waals surface area contributed by atoms with E-state index >= 15 is 0 Å². The van der Waals surface area contributed by atoms with Crippen LogP contribution in [0.4, 0.5) is 0 Å².